The van der Waals surface area contributed by atoms with Crippen molar-refractivity contribution in [1.29, 1.82) is 0 Å². The highest BCUT2D eigenvalue weighted by molar-refractivity contribution is 5.70. The van der Waals surface area contributed by atoms with Crippen LogP contribution in [0.4, 0.5) is 0 Å². The molecule has 0 unspecified atom stereocenters. The molecule has 6 nitrogen and oxygen atoms in total. The van der Waals surface area contributed by atoms with E-state index < -0.39 is 5.97 Å². The Morgan fingerprint density at radius 2 is 1.94 bits per heavy atom. The smallest absolute Gasteiger partial charge is 0.341 e. The summed E-state index contributed by atoms with van der Waals surface area (Å²) in [6, 6.07) is 5.88. The molecule has 5 atom stereocenters. The van der Waals surface area contributed by atoms with Crippen LogP contribution < -0.4 is 4.74 Å². The summed E-state index contributed by atoms with van der Waals surface area (Å²) in [4.78, 5) is 23.6. The third-order valence-electron chi connectivity index (χ3n) is 7.50. The van der Waals surface area contributed by atoms with Crippen LogP contribution in [0.3, 0.4) is 0 Å². The van der Waals surface area contributed by atoms with Gasteiger partial charge in [0.15, 0.2) is 6.61 Å². The first-order valence-corrected chi connectivity index (χ1v) is 13.1. The second-order valence-corrected chi connectivity index (χ2v) is 10.7. The molecule has 1 saturated carbocycles. The van der Waals surface area contributed by atoms with Gasteiger partial charge in [0, 0.05) is 6.42 Å². The summed E-state index contributed by atoms with van der Waals surface area (Å²) in [5.74, 6) is 0.786. The predicted octanol–water partition coefficient (Wildman–Crippen LogP) is 5.18. The van der Waals surface area contributed by atoms with Crippen molar-refractivity contribution in [2.45, 2.75) is 97.2 Å². The van der Waals surface area contributed by atoms with Crippen LogP contribution in [0.2, 0.25) is 0 Å². The molecule has 0 saturated heterocycles. The monoisotopic (exact) mass is 474 g/mol. The fraction of sp³-hybridized carbons (Fsp3) is 0.714. The first-order valence-electron chi connectivity index (χ1n) is 13.1. The van der Waals surface area contributed by atoms with E-state index in [-0.39, 0.29) is 36.6 Å². The number of carboxylic acid groups (broad SMARTS) is 1. The summed E-state index contributed by atoms with van der Waals surface area (Å²) in [6.45, 7) is 5.86. The molecule has 1 fully saturated rings. The van der Waals surface area contributed by atoms with Crippen molar-refractivity contribution in [3.05, 3.63) is 29.3 Å². The molecule has 0 bridgehead atoms. The van der Waals surface area contributed by atoms with Crippen molar-refractivity contribution in [3.63, 3.8) is 0 Å². The Hall–Kier alpha value is -2.08. The molecule has 0 radical (unpaired) electrons. The Morgan fingerprint density at radius 1 is 1.15 bits per heavy atom. The van der Waals surface area contributed by atoms with Gasteiger partial charge in [-0.15, -0.1) is 0 Å². The summed E-state index contributed by atoms with van der Waals surface area (Å²) in [7, 11) is 0. The van der Waals surface area contributed by atoms with Crippen LogP contribution in [-0.2, 0) is 27.2 Å². The zero-order valence-corrected chi connectivity index (χ0v) is 21.0. The van der Waals surface area contributed by atoms with Crippen LogP contribution in [0.25, 0.3) is 0 Å². The number of hydrogen-bond donors (Lipinski definition) is 2. The van der Waals surface area contributed by atoms with Gasteiger partial charge >= 0.3 is 11.9 Å². The maximum absolute atomic E-state index is 12.5. The van der Waals surface area contributed by atoms with Gasteiger partial charge in [0.25, 0.3) is 0 Å². The number of esters is 1. The molecular formula is C28H42O6. The Morgan fingerprint density at radius 3 is 2.65 bits per heavy atom. The van der Waals surface area contributed by atoms with Crippen LogP contribution in [0.1, 0.15) is 83.3 Å². The standard InChI is InChI=1S/C28H42O6/c1-4-5-6-9-21(29)11-12-22-23-14-19-8-7-10-25(33-17-27(30)31)24(19)15-20(23)16-26(22)34-28(32)13-18(2)3/h7-8,10,18,20-23,26,29H,4-6,9,11-17H2,1-3H3,(H,30,31)/t20-,21-,22+,23-,26+/m0/s1. The lowest BCUT2D eigenvalue weighted by Crippen LogP contribution is -2.30. The number of carboxylic acids is 1. The van der Waals surface area contributed by atoms with E-state index >= 15 is 0 Å². The summed E-state index contributed by atoms with van der Waals surface area (Å²) < 4.78 is 11.6. The Kier molecular flexibility index (Phi) is 9.81. The molecule has 0 amide bonds. The maximum Gasteiger partial charge on any atom is 0.341 e. The van der Waals surface area contributed by atoms with Gasteiger partial charge in [-0.1, -0.05) is 52.2 Å². The molecule has 3 rings (SSSR count). The van der Waals surface area contributed by atoms with E-state index in [0.717, 1.165) is 63.4 Å². The lowest BCUT2D eigenvalue weighted by molar-refractivity contribution is -0.152. The number of fused-ring (bicyclic) bond motifs is 2. The molecule has 2 aliphatic rings. The van der Waals surface area contributed by atoms with E-state index in [1.807, 2.05) is 26.0 Å². The molecule has 2 N–H and O–H groups in total. The predicted molar refractivity (Wildman–Crippen MR) is 131 cm³/mol. The molecule has 1 aromatic carbocycles. The number of carbonyl (C=O) groups is 2. The number of rotatable bonds is 13. The van der Waals surface area contributed by atoms with Crippen molar-refractivity contribution in [3.8, 4) is 5.75 Å². The quantitative estimate of drug-likeness (QED) is 0.302. The largest absolute Gasteiger partial charge is 0.482 e. The van der Waals surface area contributed by atoms with Gasteiger partial charge in [-0.25, -0.2) is 4.79 Å². The molecule has 2 aliphatic carbocycles. The van der Waals surface area contributed by atoms with Gasteiger partial charge in [-0.05, 0) is 79.4 Å². The molecule has 190 valence electrons. The van der Waals surface area contributed by atoms with Crippen molar-refractivity contribution in [2.24, 2.45) is 23.7 Å². The minimum Gasteiger partial charge on any atom is -0.482 e. The first kappa shape index (κ1) is 26.5. The minimum absolute atomic E-state index is 0.123. The summed E-state index contributed by atoms with van der Waals surface area (Å²) >= 11 is 0. The molecule has 1 aromatic rings. The fourth-order valence-electron chi connectivity index (χ4n) is 5.90. The number of unbranched alkanes of at least 4 members (excludes halogenated alkanes) is 2. The van der Waals surface area contributed by atoms with Crippen LogP contribution in [0.15, 0.2) is 18.2 Å². The Bertz CT molecular complexity index is 819. The fourth-order valence-corrected chi connectivity index (χ4v) is 5.90. The highest BCUT2D eigenvalue weighted by Crippen LogP contribution is 2.49. The van der Waals surface area contributed by atoms with E-state index in [1.54, 1.807) is 0 Å². The van der Waals surface area contributed by atoms with E-state index in [0.29, 0.717) is 24.0 Å². The van der Waals surface area contributed by atoms with Crippen LogP contribution in [0.5, 0.6) is 5.75 Å². The zero-order chi connectivity index (χ0) is 24.7. The molecule has 0 aromatic heterocycles. The number of ether oxygens (including phenoxy) is 2. The number of aliphatic carboxylic acids is 1. The summed E-state index contributed by atoms with van der Waals surface area (Å²) in [5, 5.41) is 19.6. The zero-order valence-electron chi connectivity index (χ0n) is 21.0. The van der Waals surface area contributed by atoms with Gasteiger partial charge in [-0.3, -0.25) is 4.79 Å². The van der Waals surface area contributed by atoms with Gasteiger partial charge in [-0.2, -0.15) is 0 Å². The molecule has 0 aliphatic heterocycles. The van der Waals surface area contributed by atoms with Crippen molar-refractivity contribution in [1.82, 2.24) is 0 Å². The molecule has 0 spiro atoms. The third kappa shape index (κ3) is 7.21. The first-order chi connectivity index (χ1) is 16.3. The number of benzene rings is 1. The average molecular weight is 475 g/mol. The van der Waals surface area contributed by atoms with Crippen LogP contribution in [0, 0.1) is 23.7 Å². The third-order valence-corrected chi connectivity index (χ3v) is 7.50. The van der Waals surface area contributed by atoms with Gasteiger partial charge in [0.05, 0.1) is 6.10 Å². The topological polar surface area (TPSA) is 93.1 Å². The molecule has 34 heavy (non-hydrogen) atoms. The molecular weight excluding hydrogens is 432 g/mol. The van der Waals surface area contributed by atoms with E-state index in [9.17, 15) is 14.7 Å². The number of carbonyl (C=O) groups excluding carboxylic acids is 1. The average Bonchev–Trinajstić information content (AvgIpc) is 3.09. The number of aliphatic hydroxyl groups is 1. The van der Waals surface area contributed by atoms with Crippen molar-refractivity contribution in [2.75, 3.05) is 6.61 Å². The summed E-state index contributed by atoms with van der Waals surface area (Å²) in [5.41, 5.74) is 2.30. The lowest BCUT2D eigenvalue weighted by atomic mass is 9.73. The molecule has 6 heteroatoms. The second kappa shape index (κ2) is 12.6. The SMILES string of the molecule is CCCCC[C@H](O)CC[C@@H]1[C@H]2Cc3cccc(OCC(=O)O)c3C[C@H]2C[C@H]1OC(=O)CC(C)C. The normalized spacial score (nSPS) is 24.4. The van der Waals surface area contributed by atoms with Gasteiger partial charge < -0.3 is 19.7 Å². The Balaban J connectivity index is 1.73. The highest BCUT2D eigenvalue weighted by Gasteiger charge is 2.47. The lowest BCUT2D eigenvalue weighted by Gasteiger charge is -2.32. The van der Waals surface area contributed by atoms with E-state index in [1.165, 1.54) is 5.56 Å². The van der Waals surface area contributed by atoms with Gasteiger partial charge in [0.2, 0.25) is 0 Å². The maximum atomic E-state index is 12.5. The van der Waals surface area contributed by atoms with Crippen LogP contribution in [-0.4, -0.2) is 41.0 Å². The summed E-state index contributed by atoms with van der Waals surface area (Å²) in [6.07, 6.45) is 8.27. The van der Waals surface area contributed by atoms with Crippen molar-refractivity contribution < 1.29 is 29.3 Å². The highest BCUT2D eigenvalue weighted by atomic mass is 16.5. The van der Waals surface area contributed by atoms with E-state index in [4.69, 9.17) is 14.6 Å². The Labute approximate surface area is 204 Å². The number of hydrogen-bond acceptors (Lipinski definition) is 5. The van der Waals surface area contributed by atoms with Crippen molar-refractivity contribution >= 4 is 11.9 Å². The molecule has 0 heterocycles. The minimum atomic E-state index is -0.984. The number of aliphatic hydroxyl groups excluding tert-OH is 1. The van der Waals surface area contributed by atoms with E-state index in [2.05, 4.69) is 13.0 Å². The van der Waals surface area contributed by atoms with Gasteiger partial charge in [0.1, 0.15) is 11.9 Å². The second-order valence-electron chi connectivity index (χ2n) is 10.7. The van der Waals surface area contributed by atoms with Crippen LogP contribution >= 0.6 is 0 Å².